The lowest BCUT2D eigenvalue weighted by Gasteiger charge is -2.50. The Morgan fingerprint density at radius 1 is 1.21 bits per heavy atom. The summed E-state index contributed by atoms with van der Waals surface area (Å²) in [6.45, 7) is 0.966. The molecule has 0 saturated carbocycles. The number of hydrogen-bond acceptors (Lipinski definition) is 6. The molecule has 0 spiro atoms. The zero-order chi connectivity index (χ0) is 19.8. The predicted octanol–water partition coefficient (Wildman–Crippen LogP) is 2.12. The highest BCUT2D eigenvalue weighted by Gasteiger charge is 2.49. The van der Waals surface area contributed by atoms with E-state index in [0.29, 0.717) is 31.6 Å². The molecule has 8 nitrogen and oxygen atoms in total. The molecule has 0 aliphatic carbocycles. The largest absolute Gasteiger partial charge is 0.445 e. The fourth-order valence-electron chi connectivity index (χ4n) is 4.35. The standard InChI is InChI=1S/C21H22N4O4/c26-20(29-12-15-4-2-1-3-5-15)25-17-8-21(27,9-18(25)14-28-13-17)16-10-22-19-6-7-23-24(19)11-16/h1-7,10-11,17-18,27H,8-9,12-14H2. The molecule has 0 radical (unpaired) electrons. The Bertz CT molecular complexity index is 1010. The van der Waals surface area contributed by atoms with Crippen molar-refractivity contribution in [1.82, 2.24) is 19.5 Å². The summed E-state index contributed by atoms with van der Waals surface area (Å²) in [7, 11) is 0. The molecular formula is C21H22N4O4. The normalized spacial score (nSPS) is 26.4. The number of aliphatic hydroxyl groups is 1. The number of carbonyl (C=O) groups excluding carboxylic acids is 1. The van der Waals surface area contributed by atoms with Gasteiger partial charge in [0.2, 0.25) is 0 Å². The van der Waals surface area contributed by atoms with Crippen LogP contribution in [0.3, 0.4) is 0 Å². The van der Waals surface area contributed by atoms with Gasteiger partial charge in [-0.1, -0.05) is 30.3 Å². The van der Waals surface area contributed by atoms with E-state index in [2.05, 4.69) is 10.1 Å². The second kappa shape index (κ2) is 7.13. The van der Waals surface area contributed by atoms with Gasteiger partial charge in [-0.25, -0.2) is 14.3 Å². The first-order valence-electron chi connectivity index (χ1n) is 9.71. The minimum atomic E-state index is -1.09. The molecule has 5 rings (SSSR count). The minimum Gasteiger partial charge on any atom is -0.445 e. The molecule has 2 aliphatic rings. The number of ether oxygens (including phenoxy) is 2. The van der Waals surface area contributed by atoms with E-state index in [1.165, 1.54) is 0 Å². The number of amides is 1. The van der Waals surface area contributed by atoms with Crippen molar-refractivity contribution < 1.29 is 19.4 Å². The van der Waals surface area contributed by atoms with Crippen LogP contribution < -0.4 is 0 Å². The van der Waals surface area contributed by atoms with Gasteiger partial charge in [-0.05, 0) is 5.56 Å². The number of carbonyl (C=O) groups is 1. The first kappa shape index (κ1) is 18.1. The van der Waals surface area contributed by atoms with E-state index < -0.39 is 5.60 Å². The van der Waals surface area contributed by atoms with Gasteiger partial charge in [-0.3, -0.25) is 4.90 Å². The molecule has 2 unspecified atom stereocenters. The van der Waals surface area contributed by atoms with E-state index >= 15 is 0 Å². The number of fused-ring (bicyclic) bond motifs is 3. The first-order valence-corrected chi connectivity index (χ1v) is 9.71. The molecular weight excluding hydrogens is 372 g/mol. The SMILES string of the molecule is O=C(OCc1ccccc1)N1C2COCC1CC(O)(c1cnc3ccnn3c1)C2. The van der Waals surface area contributed by atoms with E-state index in [4.69, 9.17) is 9.47 Å². The van der Waals surface area contributed by atoms with E-state index in [9.17, 15) is 9.90 Å². The van der Waals surface area contributed by atoms with Crippen LogP contribution in [0.15, 0.2) is 55.0 Å². The highest BCUT2D eigenvalue weighted by atomic mass is 16.6. The zero-order valence-corrected chi connectivity index (χ0v) is 15.8. The smallest absolute Gasteiger partial charge is 0.410 e. The fraction of sp³-hybridized carbons (Fsp3) is 0.381. The average molecular weight is 394 g/mol. The molecule has 2 atom stereocenters. The van der Waals surface area contributed by atoms with Crippen LogP contribution in [0.4, 0.5) is 4.79 Å². The number of rotatable bonds is 3. The van der Waals surface area contributed by atoms with Crippen molar-refractivity contribution in [2.24, 2.45) is 0 Å². The van der Waals surface area contributed by atoms with Gasteiger partial charge in [0, 0.05) is 36.9 Å². The Balaban J connectivity index is 1.34. The number of hydrogen-bond donors (Lipinski definition) is 1. The summed E-state index contributed by atoms with van der Waals surface area (Å²) in [5.41, 5.74) is 1.27. The van der Waals surface area contributed by atoms with Gasteiger partial charge in [0.1, 0.15) is 6.61 Å². The summed E-state index contributed by atoms with van der Waals surface area (Å²) < 4.78 is 12.9. The third-order valence-corrected chi connectivity index (χ3v) is 5.75. The average Bonchev–Trinajstić information content (AvgIpc) is 3.20. The van der Waals surface area contributed by atoms with Crippen molar-refractivity contribution in [2.45, 2.75) is 37.1 Å². The molecule has 1 N–H and O–H groups in total. The Kier molecular flexibility index (Phi) is 4.44. The molecule has 2 saturated heterocycles. The fourth-order valence-corrected chi connectivity index (χ4v) is 4.35. The molecule has 2 fully saturated rings. The van der Waals surface area contributed by atoms with Crippen molar-refractivity contribution >= 4 is 11.7 Å². The highest BCUT2D eigenvalue weighted by Crippen LogP contribution is 2.41. The third kappa shape index (κ3) is 3.34. The maximum Gasteiger partial charge on any atom is 0.410 e. The van der Waals surface area contributed by atoms with Crippen LogP contribution in [0.5, 0.6) is 0 Å². The minimum absolute atomic E-state index is 0.223. The van der Waals surface area contributed by atoms with Crippen LogP contribution in [-0.2, 0) is 21.7 Å². The molecule has 2 aromatic heterocycles. The van der Waals surface area contributed by atoms with Gasteiger partial charge >= 0.3 is 6.09 Å². The van der Waals surface area contributed by atoms with Crippen molar-refractivity contribution in [1.29, 1.82) is 0 Å². The summed E-state index contributed by atoms with van der Waals surface area (Å²) >= 11 is 0. The van der Waals surface area contributed by atoms with Crippen LogP contribution in [-0.4, -0.2) is 56.0 Å². The van der Waals surface area contributed by atoms with Gasteiger partial charge < -0.3 is 14.6 Å². The molecule has 2 aliphatic heterocycles. The molecule has 3 aromatic rings. The monoisotopic (exact) mass is 394 g/mol. The van der Waals surface area contributed by atoms with Crippen LogP contribution >= 0.6 is 0 Å². The van der Waals surface area contributed by atoms with Gasteiger partial charge in [-0.15, -0.1) is 0 Å². The predicted molar refractivity (Wildman–Crippen MR) is 103 cm³/mol. The van der Waals surface area contributed by atoms with E-state index in [1.807, 2.05) is 42.6 Å². The van der Waals surface area contributed by atoms with Crippen molar-refractivity contribution in [3.8, 4) is 0 Å². The Hall–Kier alpha value is -2.97. The zero-order valence-electron chi connectivity index (χ0n) is 15.8. The molecule has 150 valence electrons. The lowest BCUT2D eigenvalue weighted by molar-refractivity contribution is -0.137. The van der Waals surface area contributed by atoms with E-state index in [1.54, 1.807) is 21.8 Å². The molecule has 8 heteroatoms. The highest BCUT2D eigenvalue weighted by molar-refractivity contribution is 5.69. The number of nitrogens with zero attached hydrogens (tertiary/aromatic N) is 4. The molecule has 29 heavy (non-hydrogen) atoms. The van der Waals surface area contributed by atoms with Crippen molar-refractivity contribution in [2.75, 3.05) is 13.2 Å². The van der Waals surface area contributed by atoms with E-state index in [0.717, 1.165) is 11.2 Å². The second-order valence-electron chi connectivity index (χ2n) is 7.71. The maximum absolute atomic E-state index is 12.8. The number of benzene rings is 1. The van der Waals surface area contributed by atoms with Crippen LogP contribution in [0, 0.1) is 0 Å². The van der Waals surface area contributed by atoms with Crippen molar-refractivity contribution in [3.05, 3.63) is 66.1 Å². The third-order valence-electron chi connectivity index (χ3n) is 5.75. The van der Waals surface area contributed by atoms with E-state index in [-0.39, 0.29) is 24.8 Å². The summed E-state index contributed by atoms with van der Waals surface area (Å²) in [6.07, 6.45) is 5.52. The number of morpholine rings is 1. The first-order chi connectivity index (χ1) is 14.1. The quantitative estimate of drug-likeness (QED) is 0.732. The van der Waals surface area contributed by atoms with Gasteiger partial charge in [-0.2, -0.15) is 5.10 Å². The lowest BCUT2D eigenvalue weighted by atomic mass is 9.78. The van der Waals surface area contributed by atoms with Gasteiger partial charge in [0.05, 0.1) is 37.1 Å². The Morgan fingerprint density at radius 2 is 1.97 bits per heavy atom. The molecule has 4 heterocycles. The second-order valence-corrected chi connectivity index (χ2v) is 7.71. The Morgan fingerprint density at radius 3 is 2.72 bits per heavy atom. The topological polar surface area (TPSA) is 89.2 Å². The van der Waals surface area contributed by atoms with Crippen molar-refractivity contribution in [3.63, 3.8) is 0 Å². The van der Waals surface area contributed by atoms with Gasteiger partial charge in [0.25, 0.3) is 0 Å². The van der Waals surface area contributed by atoms with Crippen LogP contribution in [0.2, 0.25) is 0 Å². The van der Waals surface area contributed by atoms with Crippen LogP contribution in [0.25, 0.3) is 5.65 Å². The van der Waals surface area contributed by atoms with Gasteiger partial charge in [0.15, 0.2) is 5.65 Å². The summed E-state index contributed by atoms with van der Waals surface area (Å²) in [5.74, 6) is 0. The molecule has 2 bridgehead atoms. The molecule has 1 amide bonds. The number of aromatic nitrogens is 3. The summed E-state index contributed by atoms with van der Waals surface area (Å²) in [6, 6.07) is 10.9. The molecule has 1 aromatic carbocycles. The summed E-state index contributed by atoms with van der Waals surface area (Å²) in [5, 5.41) is 15.6. The number of piperidine rings is 1. The summed E-state index contributed by atoms with van der Waals surface area (Å²) in [4.78, 5) is 18.9. The lowest BCUT2D eigenvalue weighted by Crippen LogP contribution is -2.62. The maximum atomic E-state index is 12.8. The van der Waals surface area contributed by atoms with Crippen LogP contribution in [0.1, 0.15) is 24.0 Å². The Labute approximate surface area is 167 Å².